The van der Waals surface area contributed by atoms with Gasteiger partial charge in [0.15, 0.2) is 29.0 Å². The normalized spacial score (nSPS) is 29.3. The van der Waals surface area contributed by atoms with E-state index in [0.29, 0.717) is 36.5 Å². The van der Waals surface area contributed by atoms with Crippen molar-refractivity contribution in [2.75, 3.05) is 13.7 Å². The number of pyridine rings is 1. The number of nitrogens with two attached hydrogens (primary N) is 1. The number of phenolic OH excluding ortho intramolecular Hbond substituents is 3. The largest absolute Gasteiger partial charge is 0.504 e. The van der Waals surface area contributed by atoms with Gasteiger partial charge in [0.2, 0.25) is 5.75 Å². The second kappa shape index (κ2) is 15.8. The van der Waals surface area contributed by atoms with Crippen molar-refractivity contribution in [2.24, 2.45) is 34.4 Å². The third-order valence-electron chi connectivity index (χ3n) is 11.2. The second-order valence-corrected chi connectivity index (χ2v) is 14.6. The summed E-state index contributed by atoms with van der Waals surface area (Å²) in [5.41, 5.74) is 8.69. The van der Waals surface area contributed by atoms with Gasteiger partial charge in [-0.25, -0.2) is 0 Å². The van der Waals surface area contributed by atoms with E-state index < -0.39 is 12.2 Å². The van der Waals surface area contributed by atoms with Gasteiger partial charge in [0.05, 0.1) is 24.7 Å². The quantitative estimate of drug-likeness (QED) is 0.0734. The minimum absolute atomic E-state index is 0.0525. The molecule has 3 heterocycles. The van der Waals surface area contributed by atoms with Crippen LogP contribution in [0.15, 0.2) is 59.9 Å². The fourth-order valence-corrected chi connectivity index (χ4v) is 8.58. The zero-order valence-corrected chi connectivity index (χ0v) is 30.1. The molecule has 0 spiro atoms. The highest BCUT2D eigenvalue weighted by Gasteiger charge is 2.49. The van der Waals surface area contributed by atoms with Crippen molar-refractivity contribution in [3.8, 4) is 40.6 Å². The smallest absolute Gasteiger partial charge is 0.302 e. The number of aromatic hydroxyl groups is 3. The summed E-state index contributed by atoms with van der Waals surface area (Å²) in [4.78, 5) is 20.8. The van der Waals surface area contributed by atoms with Gasteiger partial charge < -0.3 is 45.3 Å². The number of carbonyl (C=O) groups is 1. The lowest BCUT2D eigenvalue weighted by molar-refractivity contribution is -0.196. The van der Waals surface area contributed by atoms with Crippen LogP contribution in [-0.4, -0.2) is 70.2 Å². The fourth-order valence-electron chi connectivity index (χ4n) is 8.58. The number of aliphatic imine (C=N–C) groups is 1. The molecule has 280 valence electrons. The first-order chi connectivity index (χ1) is 25.7. The topological polar surface area (TPSA) is 178 Å². The van der Waals surface area contributed by atoms with Crippen LogP contribution in [0.1, 0.15) is 68.2 Å². The maximum absolute atomic E-state index is 12.5. The molecule has 7 rings (SSSR count). The van der Waals surface area contributed by atoms with E-state index in [1.807, 2.05) is 24.3 Å². The molecule has 3 fully saturated rings. The van der Waals surface area contributed by atoms with Gasteiger partial charge in [0.25, 0.3) is 0 Å². The highest BCUT2D eigenvalue weighted by Crippen LogP contribution is 2.50. The first-order valence-corrected chi connectivity index (χ1v) is 18.6. The summed E-state index contributed by atoms with van der Waals surface area (Å²) in [5.74, 6) is 6.73. The summed E-state index contributed by atoms with van der Waals surface area (Å²) < 4.78 is 25.5. The zero-order valence-electron chi connectivity index (χ0n) is 30.1. The third kappa shape index (κ3) is 8.10. The van der Waals surface area contributed by atoms with Crippen LogP contribution in [-0.2, 0) is 27.1 Å². The number of phenols is 3. The molecule has 1 saturated heterocycles. The summed E-state index contributed by atoms with van der Waals surface area (Å²) in [6.45, 7) is 1.68. The second-order valence-electron chi connectivity index (χ2n) is 14.6. The number of ether oxygens (including phenoxy) is 4. The number of hydrogen-bond acceptors (Lipinski definition) is 10. The molecule has 2 aromatic carbocycles. The Hall–Kier alpha value is -5.15. The molecule has 12 heteroatoms. The van der Waals surface area contributed by atoms with Crippen molar-refractivity contribution in [2.45, 2.75) is 88.7 Å². The highest BCUT2D eigenvalue weighted by atomic mass is 16.6. The van der Waals surface area contributed by atoms with Crippen LogP contribution in [0.2, 0.25) is 0 Å². The van der Waals surface area contributed by atoms with Gasteiger partial charge in [-0.3, -0.25) is 14.8 Å². The highest BCUT2D eigenvalue weighted by molar-refractivity contribution is 5.78. The number of carbonyl (C=O) groups excluding carboxylic acids is 1. The number of nitrogens with zero attached hydrogens (tertiary/aromatic N) is 2. The lowest BCUT2D eigenvalue weighted by atomic mass is 9.66. The average molecular weight is 725 g/mol. The molecule has 1 aromatic heterocycles. The molecule has 0 radical (unpaired) electrons. The van der Waals surface area contributed by atoms with E-state index in [-0.39, 0.29) is 77.5 Å². The van der Waals surface area contributed by atoms with Crippen molar-refractivity contribution >= 4 is 11.9 Å². The number of esters is 1. The number of aromatic nitrogens is 1. The Morgan fingerprint density at radius 3 is 2.74 bits per heavy atom. The van der Waals surface area contributed by atoms with E-state index in [1.165, 1.54) is 13.0 Å². The Balaban J connectivity index is 1.22. The molecular weight excluding hydrogens is 676 g/mol. The predicted octanol–water partition coefficient (Wildman–Crippen LogP) is 4.93. The summed E-state index contributed by atoms with van der Waals surface area (Å²) in [7, 11) is 1.65. The van der Waals surface area contributed by atoms with Gasteiger partial charge in [-0.15, -0.1) is 0 Å². The summed E-state index contributed by atoms with van der Waals surface area (Å²) in [6.07, 6.45) is 7.41. The molecule has 2 saturated carbocycles. The maximum Gasteiger partial charge on any atom is 0.302 e. The summed E-state index contributed by atoms with van der Waals surface area (Å²) >= 11 is 0. The summed E-state index contributed by atoms with van der Waals surface area (Å²) in [6, 6.07) is 12.4. The van der Waals surface area contributed by atoms with Crippen LogP contribution in [0.25, 0.3) is 0 Å². The number of benzene rings is 2. The fraction of sp³-hybridized carbons (Fsp3) is 0.488. The minimum Gasteiger partial charge on any atom is -0.504 e. The molecule has 2 bridgehead atoms. The van der Waals surface area contributed by atoms with Crippen molar-refractivity contribution in [1.29, 1.82) is 0 Å². The van der Waals surface area contributed by atoms with E-state index in [0.717, 1.165) is 43.2 Å². The monoisotopic (exact) mass is 724 g/mol. The minimum atomic E-state index is -0.580. The number of nitrogens with one attached hydrogen (secondary N) is 1. The molecule has 9 atom stereocenters. The Morgan fingerprint density at radius 1 is 1.08 bits per heavy atom. The van der Waals surface area contributed by atoms with Crippen LogP contribution in [0.3, 0.4) is 0 Å². The Morgan fingerprint density at radius 2 is 1.94 bits per heavy atom. The molecule has 9 unspecified atom stereocenters. The number of fused-ring (bicyclic) bond motifs is 6. The molecule has 3 aromatic rings. The molecule has 2 aliphatic carbocycles. The number of rotatable bonds is 7. The number of guanidine groups is 1. The predicted molar refractivity (Wildman–Crippen MR) is 197 cm³/mol. The molecule has 6 N–H and O–H groups in total. The van der Waals surface area contributed by atoms with Gasteiger partial charge in [0, 0.05) is 63.0 Å². The lowest BCUT2D eigenvalue weighted by Crippen LogP contribution is -2.52. The van der Waals surface area contributed by atoms with E-state index in [1.54, 1.807) is 31.6 Å². The van der Waals surface area contributed by atoms with Crippen molar-refractivity contribution in [3.63, 3.8) is 0 Å². The molecule has 53 heavy (non-hydrogen) atoms. The standard InChI is InChI=1S/C41H48N4O8/c1-23(46)51-36-21-35(27-19-33(48)39(49)38(20-27)50-16-14-24-5-4-15-44-22-24)53-40-29(36)12-10-26-9-11-28-31(45-41(42)43-2)6-3-7-34(28)52-37-18-25(17-30(26)40)8-13-32(37)47/h4-5,8,13,15,18-20,22,26,28-31,34-36,40,47-49H,3,6-7,10,12,14,16-17,21H2,1-2H3,(H3,42,43,45). The van der Waals surface area contributed by atoms with Crippen molar-refractivity contribution < 1.29 is 39.1 Å². The zero-order chi connectivity index (χ0) is 37.1. The Bertz CT molecular complexity index is 1880. The average Bonchev–Trinajstić information content (AvgIpc) is 3.17. The third-order valence-corrected chi connectivity index (χ3v) is 11.2. The van der Waals surface area contributed by atoms with Crippen LogP contribution >= 0.6 is 0 Å². The van der Waals surface area contributed by atoms with Crippen LogP contribution in [0.4, 0.5) is 0 Å². The summed E-state index contributed by atoms with van der Waals surface area (Å²) in [5, 5.41) is 35.8. The van der Waals surface area contributed by atoms with Crippen LogP contribution in [0.5, 0.6) is 28.7 Å². The van der Waals surface area contributed by atoms with Gasteiger partial charge in [-0.05, 0) is 85.5 Å². The van der Waals surface area contributed by atoms with Crippen LogP contribution < -0.4 is 20.5 Å². The van der Waals surface area contributed by atoms with E-state index >= 15 is 0 Å². The van der Waals surface area contributed by atoms with E-state index in [2.05, 4.69) is 27.1 Å². The van der Waals surface area contributed by atoms with E-state index in [4.69, 9.17) is 24.7 Å². The first-order valence-electron chi connectivity index (χ1n) is 18.6. The van der Waals surface area contributed by atoms with E-state index in [9.17, 15) is 20.1 Å². The van der Waals surface area contributed by atoms with Gasteiger partial charge >= 0.3 is 5.97 Å². The van der Waals surface area contributed by atoms with Gasteiger partial charge in [-0.1, -0.05) is 24.0 Å². The Labute approximate surface area is 309 Å². The Kier molecular flexibility index (Phi) is 10.8. The van der Waals surface area contributed by atoms with Crippen molar-refractivity contribution in [3.05, 3.63) is 71.5 Å². The van der Waals surface area contributed by atoms with Crippen molar-refractivity contribution in [1.82, 2.24) is 10.3 Å². The number of hydrogen-bond donors (Lipinski definition) is 5. The van der Waals surface area contributed by atoms with Gasteiger partial charge in [0.1, 0.15) is 12.2 Å². The lowest BCUT2D eigenvalue weighted by Gasteiger charge is -2.49. The molecule has 0 amide bonds. The first kappa shape index (κ1) is 36.2. The SMILES string of the molecule is CN=C(N)NC1CCCC2Oc3cc(ccc3O)CC3C(C#CC12)CCC1C(OC(C)=O)CC(c2cc(O)c(O)c(OCCc4cccnc4)c2)OC31. The molecule has 2 aliphatic heterocycles. The molecule has 4 aliphatic rings. The maximum atomic E-state index is 12.5. The van der Waals surface area contributed by atoms with Crippen LogP contribution in [0, 0.1) is 35.5 Å². The molecular formula is C41H48N4O8. The molecule has 12 nitrogen and oxygen atoms in total. The van der Waals surface area contributed by atoms with Gasteiger partial charge in [-0.2, -0.15) is 0 Å².